The van der Waals surface area contributed by atoms with Crippen LogP contribution in [0.2, 0.25) is 0 Å². The molecule has 1 aromatic carbocycles. The van der Waals surface area contributed by atoms with Gasteiger partial charge in [-0.15, -0.1) is 11.3 Å². The van der Waals surface area contributed by atoms with Gasteiger partial charge in [0.15, 0.2) is 4.34 Å². The van der Waals surface area contributed by atoms with E-state index < -0.39 is 0 Å². The average Bonchev–Trinajstić information content (AvgIpc) is 3.07. The fraction of sp³-hybridized carbons (Fsp3) is 0.238. The SMILES string of the molecule is Cc1csc(Sc2ccc(NC(=O)c3ccc(C(=O)N(C)C)nc3C)c(C)c2)n1. The summed E-state index contributed by atoms with van der Waals surface area (Å²) in [6.45, 7) is 5.66. The van der Waals surface area contributed by atoms with Crippen LogP contribution in [0.1, 0.15) is 37.8 Å². The van der Waals surface area contributed by atoms with E-state index in [1.54, 1.807) is 56.3 Å². The minimum Gasteiger partial charge on any atom is -0.343 e. The van der Waals surface area contributed by atoms with E-state index in [0.717, 1.165) is 26.2 Å². The first-order valence-electron chi connectivity index (χ1n) is 8.96. The van der Waals surface area contributed by atoms with E-state index in [0.29, 0.717) is 17.0 Å². The molecule has 0 aliphatic carbocycles. The Morgan fingerprint density at radius 1 is 1.07 bits per heavy atom. The van der Waals surface area contributed by atoms with E-state index >= 15 is 0 Å². The van der Waals surface area contributed by atoms with Crippen LogP contribution in [0.15, 0.2) is 44.9 Å². The van der Waals surface area contributed by atoms with Gasteiger partial charge < -0.3 is 10.2 Å². The van der Waals surface area contributed by atoms with Gasteiger partial charge in [0.1, 0.15) is 5.69 Å². The van der Waals surface area contributed by atoms with Crippen LogP contribution in [0.4, 0.5) is 5.69 Å². The number of thiazole rings is 1. The molecule has 0 radical (unpaired) electrons. The number of hydrogen-bond donors (Lipinski definition) is 1. The third kappa shape index (κ3) is 5.02. The number of rotatable bonds is 5. The van der Waals surface area contributed by atoms with E-state index in [4.69, 9.17) is 0 Å². The second kappa shape index (κ2) is 8.75. The van der Waals surface area contributed by atoms with Crippen molar-refractivity contribution in [3.63, 3.8) is 0 Å². The van der Waals surface area contributed by atoms with Crippen molar-refractivity contribution in [2.24, 2.45) is 0 Å². The maximum Gasteiger partial charge on any atom is 0.271 e. The van der Waals surface area contributed by atoms with Gasteiger partial charge in [0.2, 0.25) is 0 Å². The Morgan fingerprint density at radius 2 is 1.83 bits per heavy atom. The Kier molecular flexibility index (Phi) is 6.34. The predicted octanol–water partition coefficient (Wildman–Crippen LogP) is 4.57. The van der Waals surface area contributed by atoms with Gasteiger partial charge in [0.05, 0.1) is 11.3 Å². The Hall–Kier alpha value is -2.71. The summed E-state index contributed by atoms with van der Waals surface area (Å²) < 4.78 is 0.993. The summed E-state index contributed by atoms with van der Waals surface area (Å²) in [6.07, 6.45) is 0. The van der Waals surface area contributed by atoms with Crippen molar-refractivity contribution in [2.45, 2.75) is 30.0 Å². The third-order valence-corrected chi connectivity index (χ3v) is 6.25. The molecule has 0 spiro atoms. The molecular formula is C21H22N4O2S2. The quantitative estimate of drug-likeness (QED) is 0.647. The number of amides is 2. The van der Waals surface area contributed by atoms with Gasteiger partial charge in [0, 0.05) is 35.8 Å². The molecule has 2 heterocycles. The molecule has 0 unspecified atom stereocenters. The molecule has 1 N–H and O–H groups in total. The zero-order valence-corrected chi connectivity index (χ0v) is 18.6. The molecule has 0 aliphatic rings. The number of aromatic nitrogens is 2. The molecule has 0 atom stereocenters. The first-order chi connectivity index (χ1) is 13.7. The Labute approximate surface area is 178 Å². The molecule has 0 fully saturated rings. The normalized spacial score (nSPS) is 10.7. The van der Waals surface area contributed by atoms with Crippen LogP contribution in [0, 0.1) is 20.8 Å². The zero-order chi connectivity index (χ0) is 21.1. The molecule has 2 aromatic heterocycles. The van der Waals surface area contributed by atoms with E-state index in [-0.39, 0.29) is 11.8 Å². The lowest BCUT2D eigenvalue weighted by atomic mass is 10.1. The number of aryl methyl sites for hydroxylation is 3. The lowest BCUT2D eigenvalue weighted by Gasteiger charge is -2.13. The number of anilines is 1. The molecule has 0 saturated carbocycles. The lowest BCUT2D eigenvalue weighted by molar-refractivity contribution is 0.0821. The summed E-state index contributed by atoms with van der Waals surface area (Å²) in [7, 11) is 3.33. The molecule has 29 heavy (non-hydrogen) atoms. The van der Waals surface area contributed by atoms with Crippen molar-refractivity contribution < 1.29 is 9.59 Å². The minimum atomic E-state index is -0.252. The average molecular weight is 427 g/mol. The van der Waals surface area contributed by atoms with Crippen molar-refractivity contribution in [3.05, 3.63) is 63.9 Å². The molecule has 3 aromatic rings. The van der Waals surface area contributed by atoms with Crippen LogP contribution in [0.5, 0.6) is 0 Å². The fourth-order valence-corrected chi connectivity index (χ4v) is 4.57. The van der Waals surface area contributed by atoms with Gasteiger partial charge in [0.25, 0.3) is 11.8 Å². The number of carbonyl (C=O) groups excluding carboxylic acids is 2. The van der Waals surface area contributed by atoms with E-state index in [1.807, 2.05) is 37.4 Å². The minimum absolute atomic E-state index is 0.195. The Bertz CT molecular complexity index is 1080. The maximum atomic E-state index is 12.7. The highest BCUT2D eigenvalue weighted by molar-refractivity contribution is 8.01. The summed E-state index contributed by atoms with van der Waals surface area (Å²) in [5, 5.41) is 4.96. The third-order valence-electron chi connectivity index (χ3n) is 4.20. The van der Waals surface area contributed by atoms with Crippen molar-refractivity contribution in [1.29, 1.82) is 0 Å². The highest BCUT2D eigenvalue weighted by Crippen LogP contribution is 2.32. The summed E-state index contributed by atoms with van der Waals surface area (Å²) in [5.41, 5.74) is 3.99. The van der Waals surface area contributed by atoms with Gasteiger partial charge in [-0.3, -0.25) is 9.59 Å². The molecule has 2 amide bonds. The second-order valence-corrected chi connectivity index (χ2v) is 9.00. The number of hydrogen-bond acceptors (Lipinski definition) is 6. The standard InChI is InChI=1S/C21H22N4O2S2/c1-12-10-15(29-21-22-13(2)11-28-21)6-8-17(12)24-19(26)16-7-9-18(23-14(16)3)20(27)25(4)5/h6-11H,1-5H3,(H,24,26). The Balaban J connectivity index is 1.74. The second-order valence-electron chi connectivity index (χ2n) is 6.82. The van der Waals surface area contributed by atoms with Crippen molar-refractivity contribution >= 4 is 40.6 Å². The van der Waals surface area contributed by atoms with Gasteiger partial charge >= 0.3 is 0 Å². The molecule has 0 bridgehead atoms. The van der Waals surface area contributed by atoms with Crippen LogP contribution in [0.25, 0.3) is 0 Å². The number of carbonyl (C=O) groups is 2. The summed E-state index contributed by atoms with van der Waals surface area (Å²) in [6, 6.07) is 9.10. The first kappa shape index (κ1) is 21.0. The molecule has 6 nitrogen and oxygen atoms in total. The van der Waals surface area contributed by atoms with Crippen LogP contribution in [-0.4, -0.2) is 40.8 Å². The monoisotopic (exact) mass is 426 g/mol. The zero-order valence-electron chi connectivity index (χ0n) is 16.9. The van der Waals surface area contributed by atoms with E-state index in [9.17, 15) is 9.59 Å². The molecule has 8 heteroatoms. The number of nitrogens with zero attached hydrogens (tertiary/aromatic N) is 3. The molecule has 0 saturated heterocycles. The number of pyridine rings is 1. The highest BCUT2D eigenvalue weighted by atomic mass is 32.2. The summed E-state index contributed by atoms with van der Waals surface area (Å²) in [4.78, 5) is 36.0. The fourth-order valence-electron chi connectivity index (χ4n) is 2.66. The Morgan fingerprint density at radius 3 is 2.41 bits per heavy atom. The van der Waals surface area contributed by atoms with Crippen LogP contribution in [-0.2, 0) is 0 Å². The number of benzene rings is 1. The van der Waals surface area contributed by atoms with Gasteiger partial charge in [-0.25, -0.2) is 9.97 Å². The summed E-state index contributed by atoms with van der Waals surface area (Å²) in [5.74, 6) is -0.447. The molecule has 0 aliphatic heterocycles. The van der Waals surface area contributed by atoms with Crippen molar-refractivity contribution in [2.75, 3.05) is 19.4 Å². The van der Waals surface area contributed by atoms with Crippen molar-refractivity contribution in [1.82, 2.24) is 14.9 Å². The lowest BCUT2D eigenvalue weighted by Crippen LogP contribution is -2.24. The summed E-state index contributed by atoms with van der Waals surface area (Å²) >= 11 is 3.22. The van der Waals surface area contributed by atoms with Crippen LogP contribution >= 0.6 is 23.1 Å². The molecule has 150 valence electrons. The van der Waals surface area contributed by atoms with Crippen molar-refractivity contribution in [3.8, 4) is 0 Å². The van der Waals surface area contributed by atoms with Gasteiger partial charge in [-0.05, 0) is 56.7 Å². The predicted molar refractivity (Wildman–Crippen MR) is 117 cm³/mol. The van der Waals surface area contributed by atoms with Crippen LogP contribution < -0.4 is 5.32 Å². The van der Waals surface area contributed by atoms with E-state index in [2.05, 4.69) is 15.3 Å². The highest BCUT2D eigenvalue weighted by Gasteiger charge is 2.16. The smallest absolute Gasteiger partial charge is 0.271 e. The number of nitrogens with one attached hydrogen (secondary N) is 1. The first-order valence-corrected chi connectivity index (χ1v) is 10.7. The largest absolute Gasteiger partial charge is 0.343 e. The van der Waals surface area contributed by atoms with Crippen LogP contribution in [0.3, 0.4) is 0 Å². The maximum absolute atomic E-state index is 12.7. The molecular weight excluding hydrogens is 404 g/mol. The van der Waals surface area contributed by atoms with E-state index in [1.165, 1.54) is 4.90 Å². The topological polar surface area (TPSA) is 75.2 Å². The van der Waals surface area contributed by atoms with Gasteiger partial charge in [-0.1, -0.05) is 11.8 Å². The molecule has 3 rings (SSSR count). The van der Waals surface area contributed by atoms with Gasteiger partial charge in [-0.2, -0.15) is 0 Å².